The first kappa shape index (κ1) is 14.9. The van der Waals surface area contributed by atoms with Gasteiger partial charge in [0.25, 0.3) is 5.91 Å². The van der Waals surface area contributed by atoms with Gasteiger partial charge in [0, 0.05) is 12.6 Å². The number of carbonyl (C=O) groups is 1. The Morgan fingerprint density at radius 2 is 2.10 bits per heavy atom. The van der Waals surface area contributed by atoms with E-state index >= 15 is 0 Å². The molecular formula is C16H24N2O2. The summed E-state index contributed by atoms with van der Waals surface area (Å²) in [5.41, 5.74) is 7.65. The molecule has 0 heterocycles. The van der Waals surface area contributed by atoms with Crippen LogP contribution in [0, 0.1) is 6.92 Å². The Morgan fingerprint density at radius 3 is 2.80 bits per heavy atom. The van der Waals surface area contributed by atoms with Gasteiger partial charge in [-0.2, -0.15) is 0 Å². The summed E-state index contributed by atoms with van der Waals surface area (Å²) in [4.78, 5) is 11.9. The Bertz CT molecular complexity index is 454. The molecule has 0 unspecified atom stereocenters. The van der Waals surface area contributed by atoms with Crippen LogP contribution in [-0.4, -0.2) is 18.6 Å². The summed E-state index contributed by atoms with van der Waals surface area (Å²) in [5.74, 6) is 0.709. The highest BCUT2D eigenvalue weighted by molar-refractivity contribution is 5.77. The van der Waals surface area contributed by atoms with Crippen LogP contribution >= 0.6 is 0 Å². The van der Waals surface area contributed by atoms with E-state index in [9.17, 15) is 4.79 Å². The van der Waals surface area contributed by atoms with E-state index in [0.29, 0.717) is 12.6 Å². The molecule has 4 heteroatoms. The topological polar surface area (TPSA) is 64.3 Å². The molecule has 4 nitrogen and oxygen atoms in total. The van der Waals surface area contributed by atoms with Crippen molar-refractivity contribution < 1.29 is 9.53 Å². The Morgan fingerprint density at radius 1 is 1.35 bits per heavy atom. The quantitative estimate of drug-likeness (QED) is 0.867. The lowest BCUT2D eigenvalue weighted by molar-refractivity contribution is -0.124. The number of ether oxygens (including phenoxy) is 1. The molecule has 1 saturated carbocycles. The standard InChI is InChI=1S/C16H24N2O2/c1-12-7-8-13(10-17)9-15(12)20-11-16(19)18-14-5-3-2-4-6-14/h7-9,14H,2-6,10-11,17H2,1H3,(H,18,19). The molecule has 1 aromatic carbocycles. The summed E-state index contributed by atoms with van der Waals surface area (Å²) in [6.07, 6.45) is 5.89. The molecule has 110 valence electrons. The molecule has 0 bridgehead atoms. The molecule has 1 aliphatic carbocycles. The van der Waals surface area contributed by atoms with Gasteiger partial charge in [-0.3, -0.25) is 4.79 Å². The number of nitrogens with one attached hydrogen (secondary N) is 1. The lowest BCUT2D eigenvalue weighted by Crippen LogP contribution is -2.39. The normalized spacial score (nSPS) is 15.9. The first-order valence-electron chi connectivity index (χ1n) is 7.41. The Labute approximate surface area is 120 Å². The van der Waals surface area contributed by atoms with E-state index in [2.05, 4.69) is 5.32 Å². The molecule has 0 aromatic heterocycles. The molecule has 20 heavy (non-hydrogen) atoms. The maximum absolute atomic E-state index is 11.9. The summed E-state index contributed by atoms with van der Waals surface area (Å²) in [5, 5.41) is 3.05. The molecule has 0 atom stereocenters. The smallest absolute Gasteiger partial charge is 0.258 e. The Hall–Kier alpha value is -1.55. The zero-order valence-corrected chi connectivity index (χ0v) is 12.2. The van der Waals surface area contributed by atoms with Gasteiger partial charge >= 0.3 is 0 Å². The predicted molar refractivity (Wildman–Crippen MR) is 79.6 cm³/mol. The fourth-order valence-electron chi connectivity index (χ4n) is 2.59. The lowest BCUT2D eigenvalue weighted by Gasteiger charge is -2.22. The number of amides is 1. The zero-order chi connectivity index (χ0) is 14.4. The van der Waals surface area contributed by atoms with E-state index in [1.165, 1.54) is 19.3 Å². The van der Waals surface area contributed by atoms with Gasteiger partial charge < -0.3 is 15.8 Å². The van der Waals surface area contributed by atoms with Crippen LogP contribution in [0.5, 0.6) is 5.75 Å². The van der Waals surface area contributed by atoms with Crippen molar-refractivity contribution in [3.8, 4) is 5.75 Å². The van der Waals surface area contributed by atoms with Gasteiger partial charge in [-0.25, -0.2) is 0 Å². The summed E-state index contributed by atoms with van der Waals surface area (Å²) in [6.45, 7) is 2.52. The van der Waals surface area contributed by atoms with Crippen molar-refractivity contribution in [3.63, 3.8) is 0 Å². The predicted octanol–water partition coefficient (Wildman–Crippen LogP) is 2.28. The lowest BCUT2D eigenvalue weighted by atomic mass is 9.95. The van der Waals surface area contributed by atoms with Crippen LogP contribution in [-0.2, 0) is 11.3 Å². The minimum absolute atomic E-state index is 0.0329. The highest BCUT2D eigenvalue weighted by Gasteiger charge is 2.16. The molecule has 1 aromatic rings. The second kappa shape index (κ2) is 7.29. The number of carbonyl (C=O) groups excluding carboxylic acids is 1. The van der Waals surface area contributed by atoms with E-state index < -0.39 is 0 Å². The van der Waals surface area contributed by atoms with Crippen molar-refractivity contribution in [2.24, 2.45) is 5.73 Å². The highest BCUT2D eigenvalue weighted by atomic mass is 16.5. The molecule has 0 aliphatic heterocycles. The van der Waals surface area contributed by atoms with Crippen LogP contribution in [0.3, 0.4) is 0 Å². The van der Waals surface area contributed by atoms with E-state index in [4.69, 9.17) is 10.5 Å². The van der Waals surface area contributed by atoms with Gasteiger partial charge in [0.15, 0.2) is 6.61 Å². The second-order valence-corrected chi connectivity index (χ2v) is 5.50. The molecular weight excluding hydrogens is 252 g/mol. The first-order valence-corrected chi connectivity index (χ1v) is 7.41. The van der Waals surface area contributed by atoms with Crippen LogP contribution in [0.2, 0.25) is 0 Å². The third-order valence-electron chi connectivity index (χ3n) is 3.82. The molecule has 0 saturated heterocycles. The van der Waals surface area contributed by atoms with Gasteiger partial charge in [0.1, 0.15) is 5.75 Å². The van der Waals surface area contributed by atoms with Gasteiger partial charge in [0.2, 0.25) is 0 Å². The molecule has 1 fully saturated rings. The zero-order valence-electron chi connectivity index (χ0n) is 12.2. The number of hydrogen-bond acceptors (Lipinski definition) is 3. The van der Waals surface area contributed by atoms with Crippen LogP contribution in [0.15, 0.2) is 18.2 Å². The molecule has 1 amide bonds. The summed E-state index contributed by atoms with van der Waals surface area (Å²) < 4.78 is 5.62. The number of benzene rings is 1. The van der Waals surface area contributed by atoms with Crippen molar-refractivity contribution >= 4 is 5.91 Å². The van der Waals surface area contributed by atoms with Crippen LogP contribution in [0.1, 0.15) is 43.2 Å². The van der Waals surface area contributed by atoms with Crippen LogP contribution < -0.4 is 15.8 Å². The average molecular weight is 276 g/mol. The van der Waals surface area contributed by atoms with Crippen LogP contribution in [0.4, 0.5) is 0 Å². The fraction of sp³-hybridized carbons (Fsp3) is 0.562. The van der Waals surface area contributed by atoms with Crippen molar-refractivity contribution in [2.45, 2.75) is 51.6 Å². The molecule has 2 rings (SSSR count). The SMILES string of the molecule is Cc1ccc(CN)cc1OCC(=O)NC1CCCCC1. The summed E-state index contributed by atoms with van der Waals surface area (Å²) in [7, 11) is 0. The van der Waals surface area contributed by atoms with Gasteiger partial charge in [-0.15, -0.1) is 0 Å². The number of hydrogen-bond donors (Lipinski definition) is 2. The second-order valence-electron chi connectivity index (χ2n) is 5.50. The highest BCUT2D eigenvalue weighted by Crippen LogP contribution is 2.20. The summed E-state index contributed by atoms with van der Waals surface area (Å²) >= 11 is 0. The molecule has 1 aliphatic rings. The molecule has 0 spiro atoms. The number of nitrogens with two attached hydrogens (primary N) is 1. The number of aryl methyl sites for hydroxylation is 1. The van der Waals surface area contributed by atoms with E-state index in [1.807, 2.05) is 25.1 Å². The maximum atomic E-state index is 11.9. The minimum atomic E-state index is -0.0329. The average Bonchev–Trinajstić information content (AvgIpc) is 2.47. The number of rotatable bonds is 5. The monoisotopic (exact) mass is 276 g/mol. The van der Waals surface area contributed by atoms with Gasteiger partial charge in [0.05, 0.1) is 0 Å². The van der Waals surface area contributed by atoms with E-state index in [-0.39, 0.29) is 12.5 Å². The Balaban J connectivity index is 1.83. The Kier molecular flexibility index (Phi) is 5.41. The molecule has 3 N–H and O–H groups in total. The van der Waals surface area contributed by atoms with Crippen LogP contribution in [0.25, 0.3) is 0 Å². The third kappa shape index (κ3) is 4.23. The maximum Gasteiger partial charge on any atom is 0.258 e. The van der Waals surface area contributed by atoms with E-state index in [0.717, 1.165) is 29.7 Å². The summed E-state index contributed by atoms with van der Waals surface area (Å²) in [6, 6.07) is 6.18. The third-order valence-corrected chi connectivity index (χ3v) is 3.82. The van der Waals surface area contributed by atoms with Crippen molar-refractivity contribution in [3.05, 3.63) is 29.3 Å². The molecule has 0 radical (unpaired) electrons. The van der Waals surface area contributed by atoms with E-state index in [1.54, 1.807) is 0 Å². The fourth-order valence-corrected chi connectivity index (χ4v) is 2.59. The van der Waals surface area contributed by atoms with Crippen molar-refractivity contribution in [1.29, 1.82) is 0 Å². The first-order chi connectivity index (χ1) is 9.69. The van der Waals surface area contributed by atoms with Gasteiger partial charge in [-0.1, -0.05) is 31.4 Å². The van der Waals surface area contributed by atoms with Crippen molar-refractivity contribution in [2.75, 3.05) is 6.61 Å². The largest absolute Gasteiger partial charge is 0.483 e. The van der Waals surface area contributed by atoms with Gasteiger partial charge in [-0.05, 0) is 37.0 Å². The minimum Gasteiger partial charge on any atom is -0.483 e. The van der Waals surface area contributed by atoms with Crippen molar-refractivity contribution in [1.82, 2.24) is 5.32 Å².